The van der Waals surface area contributed by atoms with E-state index in [-0.39, 0.29) is 6.04 Å². The fraction of sp³-hybridized carbons (Fsp3) is 0.833. The Morgan fingerprint density at radius 2 is 1.91 bits per heavy atom. The molecule has 72 valence electrons. The van der Waals surface area contributed by atoms with Crippen LogP contribution >= 0.6 is 0 Å². The first-order chi connectivity index (χ1) is 5.22. The second-order valence-corrected chi connectivity index (χ2v) is 2.80. The molecule has 0 aromatic carbocycles. The molecule has 2 nitrogen and oxygen atoms in total. The zero-order chi connectivity index (χ0) is 8.69. The quantitative estimate of drug-likeness (QED) is 0.648. The van der Waals surface area contributed by atoms with Gasteiger partial charge in [0, 0.05) is 0 Å². The van der Waals surface area contributed by atoms with Gasteiger partial charge in [-0.1, -0.05) is 19.3 Å². The Kier molecular flexibility index (Phi) is 7.44. The number of halogens is 2. The molecule has 1 atom stereocenters. The average Bonchev–Trinajstić information content (AvgIpc) is 1.97. The Labute approximate surface area is 75.5 Å². The molecule has 11 heavy (non-hydrogen) atoms. The molecule has 1 unspecified atom stereocenters. The fourth-order valence-corrected chi connectivity index (χ4v) is 1.06. The number of rotatable bonds is 0. The molecular weight excluding hydrogens is 333 g/mol. The van der Waals surface area contributed by atoms with Gasteiger partial charge in [-0.15, -0.1) is 6.04 Å². The first kappa shape index (κ1) is 11.5. The molecule has 1 aliphatic rings. The van der Waals surface area contributed by atoms with E-state index in [1.165, 1.54) is 12.8 Å². The van der Waals surface area contributed by atoms with Gasteiger partial charge in [-0.25, -0.2) is 6.04 Å². The number of hydrogen-bond donors (Lipinski definition) is 2. The van der Waals surface area contributed by atoms with Crippen LogP contribution in [0.2, 0.25) is 0 Å². The minimum absolute atomic E-state index is 0.198. The van der Waals surface area contributed by atoms with Crippen LogP contribution in [0.15, 0.2) is 0 Å². The van der Waals surface area contributed by atoms with Gasteiger partial charge in [-0.3, -0.25) is 0 Å². The zero-order valence-electron chi connectivity index (χ0n) is 6.13. The molecule has 1 fully saturated rings. The van der Waals surface area contributed by atoms with Crippen LogP contribution in [0.25, 0.3) is 0 Å². The second-order valence-electron chi connectivity index (χ2n) is 2.47. The van der Waals surface area contributed by atoms with Crippen LogP contribution in [0.1, 0.15) is 25.7 Å². The van der Waals surface area contributed by atoms with Crippen LogP contribution in [-0.2, 0) is 19.6 Å². The van der Waals surface area contributed by atoms with E-state index in [1.54, 1.807) is 0 Å². The van der Waals surface area contributed by atoms with Crippen molar-refractivity contribution in [2.75, 3.05) is 0 Å². The van der Waals surface area contributed by atoms with Crippen molar-refractivity contribution in [1.82, 2.24) is 0 Å². The summed E-state index contributed by atoms with van der Waals surface area (Å²) in [4.78, 5) is 0. The van der Waals surface area contributed by atoms with Crippen LogP contribution in [0.4, 0.5) is 6.32 Å². The molecule has 0 aliphatic heterocycles. The van der Waals surface area contributed by atoms with Gasteiger partial charge in [0.05, 0.1) is 0 Å². The summed E-state index contributed by atoms with van der Waals surface area (Å²) in [5.41, 5.74) is 11.2. The van der Waals surface area contributed by atoms with Crippen LogP contribution < -0.4 is 11.5 Å². The van der Waals surface area contributed by atoms with Crippen molar-refractivity contribution in [2.45, 2.75) is 31.7 Å². The molecule has 5 heteroatoms. The monoisotopic (exact) mass is 346 g/mol. The van der Waals surface area contributed by atoms with E-state index >= 15 is 0 Å². The standard InChI is InChI=1S/C6H13N2.2FH.Pt/c7-5-3-1-2-4-6(5)8;;;/h5H,1-4,7-8H2;2*1H;/q-1;;;+2/p-2. The molecule has 0 radical (unpaired) electrons. The Bertz CT molecular complexity index is 84.7. The van der Waals surface area contributed by atoms with E-state index < -0.39 is 19.6 Å². The summed E-state index contributed by atoms with van der Waals surface area (Å²) in [6.07, 6.45) is 4.62. The summed E-state index contributed by atoms with van der Waals surface area (Å²) >= 11 is -2.42. The molecule has 4 N–H and O–H groups in total. The maximum absolute atomic E-state index is 9.74. The van der Waals surface area contributed by atoms with Gasteiger partial charge in [0.25, 0.3) is 0 Å². The first-order valence-corrected chi connectivity index (χ1v) is 5.13. The molecule has 1 aliphatic carbocycles. The van der Waals surface area contributed by atoms with Crippen molar-refractivity contribution in [3.05, 3.63) is 6.04 Å². The predicted molar refractivity (Wildman–Crippen MR) is 36.1 cm³/mol. The van der Waals surface area contributed by atoms with Gasteiger partial charge >= 0.3 is 25.9 Å². The molecule has 0 heterocycles. The summed E-state index contributed by atoms with van der Waals surface area (Å²) in [6.45, 7) is 0. The van der Waals surface area contributed by atoms with Gasteiger partial charge < -0.3 is 11.5 Å². The van der Waals surface area contributed by atoms with Crippen molar-refractivity contribution in [1.29, 1.82) is 0 Å². The summed E-state index contributed by atoms with van der Waals surface area (Å²) in [6, 6.07) is 1.19. The number of hydrogen-bond acceptors (Lipinski definition) is 2. The molecule has 0 saturated heterocycles. The van der Waals surface area contributed by atoms with Crippen molar-refractivity contribution >= 4 is 0 Å². The molecule has 1 rings (SSSR count). The van der Waals surface area contributed by atoms with E-state index in [0.29, 0.717) is 0 Å². The van der Waals surface area contributed by atoms with Crippen molar-refractivity contribution < 1.29 is 25.9 Å². The molecule has 0 aromatic heterocycles. The Morgan fingerprint density at radius 3 is 2.18 bits per heavy atom. The maximum atomic E-state index is 9.74. The SMILES string of the molecule is N[C-]1CCCCC1N.[F][Pt][F]. The number of nitrogens with two attached hydrogens (primary N) is 2. The third-order valence-electron chi connectivity index (χ3n) is 1.71. The van der Waals surface area contributed by atoms with Gasteiger partial charge in [-0.05, 0) is 0 Å². The van der Waals surface area contributed by atoms with Crippen LogP contribution in [0.3, 0.4) is 0 Å². The fourth-order valence-electron chi connectivity index (χ4n) is 1.06. The summed E-state index contributed by atoms with van der Waals surface area (Å²) in [5.74, 6) is 0. The molecule has 0 spiro atoms. The van der Waals surface area contributed by atoms with Crippen molar-refractivity contribution in [2.24, 2.45) is 11.5 Å². The van der Waals surface area contributed by atoms with Crippen LogP contribution in [0.5, 0.6) is 0 Å². The molecular formula is C6H13F2N2Pt-. The van der Waals surface area contributed by atoms with E-state index in [1.807, 2.05) is 0 Å². The summed E-state index contributed by atoms with van der Waals surface area (Å²) in [5, 5.41) is 0. The Morgan fingerprint density at radius 1 is 1.36 bits per heavy atom. The minimum atomic E-state index is -2.42. The zero-order valence-corrected chi connectivity index (χ0v) is 8.40. The molecule has 0 amide bonds. The van der Waals surface area contributed by atoms with Gasteiger partial charge in [0.15, 0.2) is 0 Å². The third-order valence-corrected chi connectivity index (χ3v) is 1.71. The topological polar surface area (TPSA) is 52.0 Å². The predicted octanol–water partition coefficient (Wildman–Crippen LogP) is 1.22. The second kappa shape index (κ2) is 7.14. The summed E-state index contributed by atoms with van der Waals surface area (Å²) in [7, 11) is 0. The molecule has 0 aromatic rings. The Balaban J connectivity index is 0.000000292. The summed E-state index contributed by atoms with van der Waals surface area (Å²) < 4.78 is 19.5. The van der Waals surface area contributed by atoms with E-state index in [9.17, 15) is 6.32 Å². The van der Waals surface area contributed by atoms with Gasteiger partial charge in [0.2, 0.25) is 0 Å². The first-order valence-electron chi connectivity index (χ1n) is 3.41. The Hall–Kier alpha value is 0.468. The van der Waals surface area contributed by atoms with Crippen molar-refractivity contribution in [3.8, 4) is 0 Å². The molecule has 1 saturated carbocycles. The average molecular weight is 346 g/mol. The van der Waals surface area contributed by atoms with Gasteiger partial charge in [-0.2, -0.15) is 6.42 Å². The van der Waals surface area contributed by atoms with E-state index in [2.05, 4.69) is 0 Å². The normalized spacial score (nSPS) is 26.0. The van der Waals surface area contributed by atoms with Gasteiger partial charge in [0.1, 0.15) is 0 Å². The van der Waals surface area contributed by atoms with E-state index in [0.717, 1.165) is 18.9 Å². The van der Waals surface area contributed by atoms with Crippen LogP contribution in [0, 0.1) is 6.04 Å². The van der Waals surface area contributed by atoms with E-state index in [4.69, 9.17) is 11.5 Å². The van der Waals surface area contributed by atoms with Crippen LogP contribution in [-0.4, -0.2) is 6.04 Å². The molecule has 0 bridgehead atoms. The van der Waals surface area contributed by atoms with Crippen molar-refractivity contribution in [3.63, 3.8) is 0 Å². The third kappa shape index (κ3) is 5.71.